The van der Waals surface area contributed by atoms with E-state index in [4.69, 9.17) is 9.47 Å². The molecule has 0 heterocycles. The molecule has 0 aliphatic rings. The van der Waals surface area contributed by atoms with Crippen LogP contribution in [0.15, 0.2) is 24.3 Å². The van der Waals surface area contributed by atoms with Crippen molar-refractivity contribution >= 4 is 0 Å². The van der Waals surface area contributed by atoms with Crippen LogP contribution in [-0.4, -0.2) is 55.6 Å². The van der Waals surface area contributed by atoms with E-state index < -0.39 is 6.10 Å². The standard InChI is InChI=1S/C15H24FNO3/c1-12(2)20-11-13(18)10-17(3)8-9-19-15-7-5-4-6-14(15)16/h4-7,12-13,18H,8-11H2,1-3H3. The SMILES string of the molecule is CC(C)OCC(O)CN(C)CCOc1ccccc1F. The monoisotopic (exact) mass is 285 g/mol. The number of likely N-dealkylation sites (N-methyl/N-ethyl adjacent to an activating group) is 1. The van der Waals surface area contributed by atoms with Crippen LogP contribution >= 0.6 is 0 Å². The summed E-state index contributed by atoms with van der Waals surface area (Å²) < 4.78 is 24.0. The fourth-order valence-corrected chi connectivity index (χ4v) is 1.68. The molecule has 0 radical (unpaired) electrons. The van der Waals surface area contributed by atoms with Gasteiger partial charge in [0, 0.05) is 13.1 Å². The first-order valence-corrected chi connectivity index (χ1v) is 6.84. The van der Waals surface area contributed by atoms with Crippen LogP contribution < -0.4 is 4.74 Å². The van der Waals surface area contributed by atoms with Gasteiger partial charge in [-0.15, -0.1) is 0 Å². The lowest BCUT2D eigenvalue weighted by atomic mass is 10.3. The Bertz CT molecular complexity index is 387. The molecule has 4 nitrogen and oxygen atoms in total. The van der Waals surface area contributed by atoms with Crippen molar-refractivity contribution in [2.75, 3.05) is 33.4 Å². The summed E-state index contributed by atoms with van der Waals surface area (Å²) in [5.74, 6) is -0.106. The Labute approximate surface area is 120 Å². The minimum Gasteiger partial charge on any atom is -0.489 e. The van der Waals surface area contributed by atoms with Crippen molar-refractivity contribution in [3.63, 3.8) is 0 Å². The topological polar surface area (TPSA) is 41.9 Å². The fraction of sp³-hybridized carbons (Fsp3) is 0.600. The van der Waals surface area contributed by atoms with Crippen LogP contribution in [0.25, 0.3) is 0 Å². The third kappa shape index (κ3) is 6.84. The lowest BCUT2D eigenvalue weighted by molar-refractivity contribution is -0.00652. The van der Waals surface area contributed by atoms with E-state index in [9.17, 15) is 9.50 Å². The van der Waals surface area contributed by atoms with Crippen LogP contribution in [0.4, 0.5) is 4.39 Å². The number of para-hydroxylation sites is 1. The number of rotatable bonds is 9. The van der Waals surface area contributed by atoms with E-state index in [1.807, 2.05) is 25.8 Å². The summed E-state index contributed by atoms with van der Waals surface area (Å²) >= 11 is 0. The maximum atomic E-state index is 13.3. The van der Waals surface area contributed by atoms with Crippen molar-refractivity contribution in [3.05, 3.63) is 30.1 Å². The van der Waals surface area contributed by atoms with Crippen molar-refractivity contribution in [2.24, 2.45) is 0 Å². The summed E-state index contributed by atoms with van der Waals surface area (Å²) in [6.07, 6.45) is -0.421. The molecule has 0 fully saturated rings. The lowest BCUT2D eigenvalue weighted by Crippen LogP contribution is -2.35. The normalized spacial score (nSPS) is 12.9. The summed E-state index contributed by atoms with van der Waals surface area (Å²) in [5, 5.41) is 9.76. The van der Waals surface area contributed by atoms with Gasteiger partial charge < -0.3 is 19.5 Å². The first-order chi connectivity index (χ1) is 9.49. The molecule has 5 heteroatoms. The van der Waals surface area contributed by atoms with Gasteiger partial charge in [0.1, 0.15) is 6.61 Å². The van der Waals surface area contributed by atoms with E-state index in [1.165, 1.54) is 6.07 Å². The summed E-state index contributed by atoms with van der Waals surface area (Å²) in [5.41, 5.74) is 0. The zero-order valence-corrected chi connectivity index (χ0v) is 12.4. The summed E-state index contributed by atoms with van der Waals surface area (Å²) in [4.78, 5) is 1.93. The predicted octanol–water partition coefficient (Wildman–Crippen LogP) is 1.92. The first kappa shape index (κ1) is 16.9. The Morgan fingerprint density at radius 2 is 2.00 bits per heavy atom. The minimum absolute atomic E-state index is 0.111. The molecule has 0 saturated carbocycles. The Balaban J connectivity index is 2.20. The van der Waals surface area contributed by atoms with Crippen LogP contribution in [0, 0.1) is 5.82 Å². The average molecular weight is 285 g/mol. The van der Waals surface area contributed by atoms with E-state index in [0.29, 0.717) is 26.3 Å². The molecule has 114 valence electrons. The van der Waals surface area contributed by atoms with Gasteiger partial charge in [-0.1, -0.05) is 12.1 Å². The summed E-state index contributed by atoms with van der Waals surface area (Å²) in [7, 11) is 1.88. The van der Waals surface area contributed by atoms with Gasteiger partial charge in [0.15, 0.2) is 11.6 Å². The van der Waals surface area contributed by atoms with Gasteiger partial charge in [-0.3, -0.25) is 0 Å². The Hall–Kier alpha value is -1.17. The van der Waals surface area contributed by atoms with Gasteiger partial charge in [-0.2, -0.15) is 0 Å². The second-order valence-electron chi connectivity index (χ2n) is 5.08. The van der Waals surface area contributed by atoms with Crippen LogP contribution in [0.5, 0.6) is 5.75 Å². The number of halogens is 1. The van der Waals surface area contributed by atoms with E-state index in [1.54, 1.807) is 18.2 Å². The molecule has 0 aliphatic heterocycles. The molecular formula is C15H24FNO3. The average Bonchev–Trinajstić information content (AvgIpc) is 2.38. The molecular weight excluding hydrogens is 261 g/mol. The van der Waals surface area contributed by atoms with Gasteiger partial charge in [0.05, 0.1) is 18.8 Å². The molecule has 1 N–H and O–H groups in total. The highest BCUT2D eigenvalue weighted by molar-refractivity contribution is 5.23. The van der Waals surface area contributed by atoms with Gasteiger partial charge >= 0.3 is 0 Å². The molecule has 1 aromatic carbocycles. The van der Waals surface area contributed by atoms with Gasteiger partial charge in [0.25, 0.3) is 0 Å². The molecule has 0 saturated heterocycles. The van der Waals surface area contributed by atoms with E-state index in [2.05, 4.69) is 0 Å². The van der Waals surface area contributed by atoms with Crippen molar-refractivity contribution in [3.8, 4) is 5.75 Å². The molecule has 1 rings (SSSR count). The van der Waals surface area contributed by atoms with Crippen molar-refractivity contribution in [1.82, 2.24) is 4.90 Å². The molecule has 0 amide bonds. The highest BCUT2D eigenvalue weighted by Gasteiger charge is 2.10. The van der Waals surface area contributed by atoms with Gasteiger partial charge in [-0.25, -0.2) is 4.39 Å². The number of hydrogen-bond donors (Lipinski definition) is 1. The second-order valence-corrected chi connectivity index (χ2v) is 5.08. The van der Waals surface area contributed by atoms with Crippen molar-refractivity contribution < 1.29 is 19.0 Å². The number of benzene rings is 1. The molecule has 0 spiro atoms. The Morgan fingerprint density at radius 3 is 2.65 bits per heavy atom. The third-order valence-corrected chi connectivity index (χ3v) is 2.71. The second kappa shape index (κ2) is 8.89. The molecule has 1 unspecified atom stereocenters. The smallest absolute Gasteiger partial charge is 0.165 e. The number of aliphatic hydroxyl groups is 1. The molecule has 0 bridgehead atoms. The minimum atomic E-state index is -0.532. The highest BCUT2D eigenvalue weighted by atomic mass is 19.1. The Morgan fingerprint density at radius 1 is 1.30 bits per heavy atom. The fourth-order valence-electron chi connectivity index (χ4n) is 1.68. The zero-order valence-electron chi connectivity index (χ0n) is 12.4. The van der Waals surface area contributed by atoms with Crippen molar-refractivity contribution in [2.45, 2.75) is 26.1 Å². The van der Waals surface area contributed by atoms with E-state index in [0.717, 1.165) is 0 Å². The number of nitrogens with zero attached hydrogens (tertiary/aromatic N) is 1. The van der Waals surface area contributed by atoms with Crippen LogP contribution in [-0.2, 0) is 4.74 Å². The van der Waals surface area contributed by atoms with Crippen LogP contribution in [0.2, 0.25) is 0 Å². The third-order valence-electron chi connectivity index (χ3n) is 2.71. The van der Waals surface area contributed by atoms with Gasteiger partial charge in [-0.05, 0) is 33.0 Å². The molecule has 0 aliphatic carbocycles. The number of aliphatic hydroxyl groups excluding tert-OH is 1. The largest absolute Gasteiger partial charge is 0.489 e. The predicted molar refractivity (Wildman–Crippen MR) is 76.5 cm³/mol. The van der Waals surface area contributed by atoms with E-state index >= 15 is 0 Å². The lowest BCUT2D eigenvalue weighted by Gasteiger charge is -2.21. The molecule has 1 atom stereocenters. The van der Waals surface area contributed by atoms with Crippen LogP contribution in [0.3, 0.4) is 0 Å². The first-order valence-electron chi connectivity index (χ1n) is 6.84. The number of ether oxygens (including phenoxy) is 2. The maximum absolute atomic E-state index is 13.3. The van der Waals surface area contributed by atoms with Crippen molar-refractivity contribution in [1.29, 1.82) is 0 Å². The summed E-state index contributed by atoms with van der Waals surface area (Å²) in [6.45, 7) is 5.64. The number of hydrogen-bond acceptors (Lipinski definition) is 4. The maximum Gasteiger partial charge on any atom is 0.165 e. The molecule has 20 heavy (non-hydrogen) atoms. The van der Waals surface area contributed by atoms with Crippen LogP contribution in [0.1, 0.15) is 13.8 Å². The molecule has 1 aromatic rings. The molecule has 0 aromatic heterocycles. The highest BCUT2D eigenvalue weighted by Crippen LogP contribution is 2.14. The summed E-state index contributed by atoms with van der Waals surface area (Å²) in [6, 6.07) is 6.32. The Kier molecular flexibility index (Phi) is 7.51. The van der Waals surface area contributed by atoms with E-state index in [-0.39, 0.29) is 17.7 Å². The van der Waals surface area contributed by atoms with Gasteiger partial charge in [0.2, 0.25) is 0 Å². The zero-order chi connectivity index (χ0) is 15.0. The quantitative estimate of drug-likeness (QED) is 0.753.